The first-order valence-corrected chi connectivity index (χ1v) is 7.60. The molecule has 0 radical (unpaired) electrons. The Bertz CT molecular complexity index is 400. The predicted octanol–water partition coefficient (Wildman–Crippen LogP) is 3.14. The smallest absolute Gasteiger partial charge is 0.143 e. The third-order valence-corrected chi connectivity index (χ3v) is 4.72. The normalized spacial score (nSPS) is 25.1. The zero-order valence-corrected chi connectivity index (χ0v) is 13.2. The van der Waals surface area contributed by atoms with Crippen LogP contribution in [0.25, 0.3) is 0 Å². The fourth-order valence-corrected chi connectivity index (χ4v) is 2.79. The Morgan fingerprint density at radius 3 is 3.06 bits per heavy atom. The maximum Gasteiger partial charge on any atom is 0.143 e. The van der Waals surface area contributed by atoms with Crippen LogP contribution in [0.2, 0.25) is 0 Å². The number of halogens is 2. The molecule has 0 aliphatic carbocycles. The highest BCUT2D eigenvalue weighted by atomic mass is 79.9. The monoisotopic (exact) mass is 362 g/mol. The Hall–Kier alpha value is -0.130. The van der Waals surface area contributed by atoms with Crippen LogP contribution in [0.3, 0.4) is 0 Å². The molecule has 1 aromatic heterocycles. The number of hydrogen-bond donors (Lipinski definition) is 0. The molecule has 3 nitrogen and oxygen atoms in total. The average molecular weight is 364 g/mol. The lowest BCUT2D eigenvalue weighted by atomic mass is 10.2. The molecule has 5 heteroatoms. The van der Waals surface area contributed by atoms with E-state index in [1.54, 1.807) is 0 Å². The van der Waals surface area contributed by atoms with Crippen molar-refractivity contribution in [3.05, 3.63) is 22.3 Å². The lowest BCUT2D eigenvalue weighted by molar-refractivity contribution is 0.0376. The summed E-state index contributed by atoms with van der Waals surface area (Å²) in [5, 5.41) is 0.861. The fourth-order valence-electron chi connectivity index (χ4n) is 1.93. The van der Waals surface area contributed by atoms with Gasteiger partial charge in [0.25, 0.3) is 0 Å². The van der Waals surface area contributed by atoms with E-state index >= 15 is 0 Å². The number of aromatic nitrogens is 1. The minimum atomic E-state index is 0.236. The largest absolute Gasteiger partial charge is 0.373 e. The van der Waals surface area contributed by atoms with Gasteiger partial charge in [-0.15, -0.1) is 0 Å². The first-order chi connectivity index (χ1) is 8.13. The number of alkyl halides is 1. The van der Waals surface area contributed by atoms with Crippen LogP contribution in [0.15, 0.2) is 16.7 Å². The van der Waals surface area contributed by atoms with Crippen LogP contribution in [0.5, 0.6) is 0 Å². The molecule has 2 rings (SSSR count). The second kappa shape index (κ2) is 5.67. The van der Waals surface area contributed by atoms with E-state index in [1.165, 1.54) is 5.56 Å². The highest BCUT2D eigenvalue weighted by molar-refractivity contribution is 9.10. The lowest BCUT2D eigenvalue weighted by Crippen LogP contribution is -2.49. The summed E-state index contributed by atoms with van der Waals surface area (Å²) in [6.07, 6.45) is 2.10. The quantitative estimate of drug-likeness (QED) is 0.755. The van der Waals surface area contributed by atoms with Crippen molar-refractivity contribution in [2.45, 2.75) is 26.0 Å². The van der Waals surface area contributed by atoms with Crippen molar-refractivity contribution in [3.63, 3.8) is 0 Å². The van der Waals surface area contributed by atoms with Crippen molar-refractivity contribution in [2.75, 3.05) is 23.4 Å². The number of rotatable bonds is 2. The molecule has 1 aliphatic heterocycles. The number of ether oxygens (including phenoxy) is 1. The van der Waals surface area contributed by atoms with Gasteiger partial charge in [-0.2, -0.15) is 0 Å². The molecule has 1 aromatic rings. The highest BCUT2D eigenvalue weighted by Gasteiger charge is 2.27. The molecule has 2 unspecified atom stereocenters. The van der Waals surface area contributed by atoms with Crippen molar-refractivity contribution >= 4 is 37.7 Å². The molecule has 0 aromatic carbocycles. The van der Waals surface area contributed by atoms with Gasteiger partial charge in [-0.25, -0.2) is 4.98 Å². The van der Waals surface area contributed by atoms with Crippen LogP contribution in [0, 0.1) is 6.92 Å². The van der Waals surface area contributed by atoms with Gasteiger partial charge >= 0.3 is 0 Å². The van der Waals surface area contributed by atoms with E-state index in [0.717, 1.165) is 28.8 Å². The van der Waals surface area contributed by atoms with Gasteiger partial charge in [0.1, 0.15) is 5.82 Å². The molecule has 0 saturated carbocycles. The van der Waals surface area contributed by atoms with E-state index in [4.69, 9.17) is 4.74 Å². The fraction of sp³-hybridized carbons (Fsp3) is 0.583. The molecule has 1 saturated heterocycles. The first-order valence-electron chi connectivity index (χ1n) is 5.68. The number of aryl methyl sites for hydroxylation is 1. The minimum Gasteiger partial charge on any atom is -0.373 e. The molecular weight excluding hydrogens is 348 g/mol. The van der Waals surface area contributed by atoms with Gasteiger partial charge in [0.05, 0.1) is 23.2 Å². The van der Waals surface area contributed by atoms with Crippen LogP contribution in [0.4, 0.5) is 5.82 Å². The topological polar surface area (TPSA) is 25.4 Å². The average Bonchev–Trinajstić information content (AvgIpc) is 2.34. The van der Waals surface area contributed by atoms with E-state index < -0.39 is 0 Å². The van der Waals surface area contributed by atoms with Gasteiger partial charge in [0, 0.05) is 18.1 Å². The number of anilines is 1. The van der Waals surface area contributed by atoms with E-state index in [0.29, 0.717) is 6.04 Å². The summed E-state index contributed by atoms with van der Waals surface area (Å²) in [5.74, 6) is 1.02. The molecule has 1 aliphatic rings. The van der Waals surface area contributed by atoms with E-state index in [2.05, 4.69) is 55.6 Å². The van der Waals surface area contributed by atoms with Gasteiger partial charge in [0.15, 0.2) is 0 Å². The van der Waals surface area contributed by atoms with Crippen molar-refractivity contribution in [1.29, 1.82) is 0 Å². The summed E-state index contributed by atoms with van der Waals surface area (Å²) in [6, 6.07) is 2.37. The lowest BCUT2D eigenvalue weighted by Gasteiger charge is -2.38. The number of nitrogens with zero attached hydrogens (tertiary/aromatic N) is 2. The van der Waals surface area contributed by atoms with Crippen molar-refractivity contribution in [2.24, 2.45) is 0 Å². The standard InChI is InChI=1S/C12H16Br2N2O/c1-8-3-4-15-12(11(8)14)16-6-10(5-13)17-7-9(16)2/h3-4,9-10H,5-7H2,1-2H3. The minimum absolute atomic E-state index is 0.236. The number of pyridine rings is 1. The third-order valence-electron chi connectivity index (χ3n) is 3.01. The number of hydrogen-bond acceptors (Lipinski definition) is 3. The Morgan fingerprint density at radius 1 is 1.59 bits per heavy atom. The molecule has 2 atom stereocenters. The summed E-state index contributed by atoms with van der Waals surface area (Å²) in [7, 11) is 0. The highest BCUT2D eigenvalue weighted by Crippen LogP contribution is 2.30. The molecule has 0 amide bonds. The maximum atomic E-state index is 5.73. The van der Waals surface area contributed by atoms with E-state index in [1.807, 2.05) is 12.3 Å². The molecular formula is C12H16Br2N2O. The molecule has 17 heavy (non-hydrogen) atoms. The summed E-state index contributed by atoms with van der Waals surface area (Å²) in [6.45, 7) is 5.88. The Balaban J connectivity index is 2.27. The van der Waals surface area contributed by atoms with Gasteiger partial charge in [0.2, 0.25) is 0 Å². The molecule has 1 fully saturated rings. The Morgan fingerprint density at radius 2 is 2.35 bits per heavy atom. The van der Waals surface area contributed by atoms with Crippen LogP contribution < -0.4 is 4.90 Å². The van der Waals surface area contributed by atoms with Crippen molar-refractivity contribution in [3.8, 4) is 0 Å². The second-order valence-corrected chi connectivity index (χ2v) is 5.82. The molecule has 0 bridgehead atoms. The van der Waals surface area contributed by atoms with E-state index in [-0.39, 0.29) is 6.10 Å². The van der Waals surface area contributed by atoms with Gasteiger partial charge < -0.3 is 9.64 Å². The molecule has 0 N–H and O–H groups in total. The molecule has 94 valence electrons. The van der Waals surface area contributed by atoms with Gasteiger partial charge in [-0.3, -0.25) is 0 Å². The predicted molar refractivity (Wildman–Crippen MR) is 77.0 cm³/mol. The SMILES string of the molecule is Cc1ccnc(N2CC(CBr)OCC2C)c1Br. The van der Waals surface area contributed by atoms with Crippen molar-refractivity contribution in [1.82, 2.24) is 4.98 Å². The summed E-state index contributed by atoms with van der Waals surface area (Å²) < 4.78 is 6.81. The zero-order valence-electron chi connectivity index (χ0n) is 9.99. The van der Waals surface area contributed by atoms with Crippen LogP contribution in [-0.4, -0.2) is 35.6 Å². The Kier molecular flexibility index (Phi) is 4.44. The van der Waals surface area contributed by atoms with E-state index in [9.17, 15) is 0 Å². The Labute approximate surface area is 119 Å². The second-order valence-electron chi connectivity index (χ2n) is 4.38. The van der Waals surface area contributed by atoms with Gasteiger partial charge in [-0.1, -0.05) is 15.9 Å². The maximum absolute atomic E-state index is 5.73. The number of morpholine rings is 1. The van der Waals surface area contributed by atoms with Crippen molar-refractivity contribution < 1.29 is 4.74 Å². The first kappa shape index (κ1) is 13.3. The van der Waals surface area contributed by atoms with Crippen LogP contribution >= 0.6 is 31.9 Å². The zero-order chi connectivity index (χ0) is 12.4. The summed E-state index contributed by atoms with van der Waals surface area (Å²) in [5.41, 5.74) is 1.21. The molecule has 0 spiro atoms. The van der Waals surface area contributed by atoms with Crippen LogP contribution in [0.1, 0.15) is 12.5 Å². The summed E-state index contributed by atoms with van der Waals surface area (Å²) in [4.78, 5) is 6.80. The third kappa shape index (κ3) is 2.83. The molecule has 2 heterocycles. The summed E-state index contributed by atoms with van der Waals surface area (Å²) >= 11 is 7.11. The van der Waals surface area contributed by atoms with Crippen LogP contribution in [-0.2, 0) is 4.74 Å². The van der Waals surface area contributed by atoms with Gasteiger partial charge in [-0.05, 0) is 41.4 Å².